The fourth-order valence-electron chi connectivity index (χ4n) is 1.68. The molecule has 1 heterocycles. The zero-order valence-corrected chi connectivity index (χ0v) is 11.8. The fraction of sp³-hybridized carbons (Fsp3) is 0.333. The molecule has 2 atom stereocenters. The standard InChI is InChI=1S/C12H15N3O2S.ClH/c13-9(8-4-2-1-3-5-8)6-14-11(16)10-7-18-12(17)15-10;/h1-5,9-10H,6-7,13H2,(H,14,16)(H,15,17);1H/t9?,10-;/m0./s1. The first-order valence-corrected chi connectivity index (χ1v) is 6.67. The summed E-state index contributed by atoms with van der Waals surface area (Å²) in [4.78, 5) is 22.7. The molecule has 0 aromatic heterocycles. The van der Waals surface area contributed by atoms with Gasteiger partial charge in [0.05, 0.1) is 0 Å². The van der Waals surface area contributed by atoms with Crippen molar-refractivity contribution < 1.29 is 9.59 Å². The molecule has 1 saturated heterocycles. The molecule has 0 saturated carbocycles. The molecule has 5 nitrogen and oxygen atoms in total. The number of rotatable bonds is 4. The van der Waals surface area contributed by atoms with Gasteiger partial charge in [-0.1, -0.05) is 42.1 Å². The fourth-order valence-corrected chi connectivity index (χ4v) is 2.46. The predicted molar refractivity (Wildman–Crippen MR) is 78.4 cm³/mol. The van der Waals surface area contributed by atoms with Crippen LogP contribution in [0.2, 0.25) is 0 Å². The monoisotopic (exact) mass is 301 g/mol. The number of nitrogens with two attached hydrogens (primary N) is 1. The van der Waals surface area contributed by atoms with E-state index in [0.717, 1.165) is 17.3 Å². The summed E-state index contributed by atoms with van der Waals surface area (Å²) in [6, 6.07) is 8.90. The maximum Gasteiger partial charge on any atom is 0.279 e. The van der Waals surface area contributed by atoms with E-state index in [9.17, 15) is 9.59 Å². The van der Waals surface area contributed by atoms with Crippen LogP contribution in [0.5, 0.6) is 0 Å². The van der Waals surface area contributed by atoms with Crippen LogP contribution in [0.4, 0.5) is 4.79 Å². The molecule has 4 N–H and O–H groups in total. The minimum atomic E-state index is -0.439. The van der Waals surface area contributed by atoms with E-state index in [4.69, 9.17) is 5.73 Å². The van der Waals surface area contributed by atoms with Crippen LogP contribution in [0, 0.1) is 0 Å². The summed E-state index contributed by atoms with van der Waals surface area (Å²) in [6.45, 7) is 0.361. The van der Waals surface area contributed by atoms with Gasteiger partial charge in [0.1, 0.15) is 6.04 Å². The quantitative estimate of drug-likeness (QED) is 0.776. The third kappa shape index (κ3) is 4.41. The van der Waals surface area contributed by atoms with Crippen molar-refractivity contribution in [3.8, 4) is 0 Å². The predicted octanol–water partition coefficient (Wildman–Crippen LogP) is 1.05. The molecule has 1 unspecified atom stereocenters. The normalized spacial score (nSPS) is 19.2. The molecule has 0 bridgehead atoms. The highest BCUT2D eigenvalue weighted by molar-refractivity contribution is 8.14. The summed E-state index contributed by atoms with van der Waals surface area (Å²) in [7, 11) is 0. The van der Waals surface area contributed by atoms with Gasteiger partial charge in [0.2, 0.25) is 5.91 Å². The molecule has 0 aliphatic carbocycles. The Bertz CT molecular complexity index is 444. The Morgan fingerprint density at radius 3 is 2.74 bits per heavy atom. The molecular weight excluding hydrogens is 286 g/mol. The Kier molecular flexibility index (Phi) is 6.14. The summed E-state index contributed by atoms with van der Waals surface area (Å²) in [5, 5.41) is 5.19. The number of thioether (sulfide) groups is 1. The molecule has 1 aromatic carbocycles. The smallest absolute Gasteiger partial charge is 0.279 e. The molecule has 7 heteroatoms. The third-order valence-electron chi connectivity index (χ3n) is 2.71. The highest BCUT2D eigenvalue weighted by atomic mass is 35.5. The molecule has 104 valence electrons. The Balaban J connectivity index is 0.00000180. The van der Waals surface area contributed by atoms with Gasteiger partial charge in [0.15, 0.2) is 0 Å². The third-order valence-corrected chi connectivity index (χ3v) is 3.59. The van der Waals surface area contributed by atoms with E-state index < -0.39 is 6.04 Å². The van der Waals surface area contributed by atoms with Gasteiger partial charge in [-0.3, -0.25) is 9.59 Å². The summed E-state index contributed by atoms with van der Waals surface area (Å²) < 4.78 is 0. The van der Waals surface area contributed by atoms with Crippen LogP contribution in [-0.4, -0.2) is 29.5 Å². The van der Waals surface area contributed by atoms with E-state index in [-0.39, 0.29) is 29.6 Å². The zero-order chi connectivity index (χ0) is 13.0. The number of hydrogen-bond donors (Lipinski definition) is 3. The molecule has 0 spiro atoms. The number of carbonyl (C=O) groups excluding carboxylic acids is 2. The van der Waals surface area contributed by atoms with Gasteiger partial charge in [-0.05, 0) is 5.56 Å². The van der Waals surface area contributed by atoms with Crippen molar-refractivity contribution in [1.29, 1.82) is 0 Å². The van der Waals surface area contributed by atoms with Crippen LogP contribution in [-0.2, 0) is 4.79 Å². The van der Waals surface area contributed by atoms with Crippen LogP contribution in [0.3, 0.4) is 0 Å². The van der Waals surface area contributed by atoms with Gasteiger partial charge in [-0.25, -0.2) is 0 Å². The van der Waals surface area contributed by atoms with Gasteiger partial charge < -0.3 is 16.4 Å². The number of nitrogens with one attached hydrogen (secondary N) is 2. The maximum atomic E-state index is 11.7. The Morgan fingerprint density at radius 2 is 2.16 bits per heavy atom. The van der Waals surface area contributed by atoms with Gasteiger partial charge >= 0.3 is 0 Å². The lowest BCUT2D eigenvalue weighted by molar-refractivity contribution is -0.122. The first kappa shape index (κ1) is 15.8. The van der Waals surface area contributed by atoms with E-state index in [1.54, 1.807) is 0 Å². The largest absolute Gasteiger partial charge is 0.352 e. The summed E-state index contributed by atoms with van der Waals surface area (Å²) >= 11 is 1.12. The highest BCUT2D eigenvalue weighted by Crippen LogP contribution is 2.13. The molecule has 2 rings (SSSR count). The van der Waals surface area contributed by atoms with Gasteiger partial charge in [-0.2, -0.15) is 0 Å². The zero-order valence-electron chi connectivity index (χ0n) is 10.2. The number of halogens is 1. The van der Waals surface area contributed by atoms with Crippen molar-refractivity contribution in [2.45, 2.75) is 12.1 Å². The van der Waals surface area contributed by atoms with Crippen LogP contribution in [0.1, 0.15) is 11.6 Å². The number of carbonyl (C=O) groups is 2. The van der Waals surface area contributed by atoms with Crippen molar-refractivity contribution in [3.05, 3.63) is 35.9 Å². The van der Waals surface area contributed by atoms with Gasteiger partial charge in [-0.15, -0.1) is 12.4 Å². The first-order chi connectivity index (χ1) is 8.66. The molecule has 1 aliphatic rings. The second-order valence-corrected chi connectivity index (χ2v) is 5.05. The minimum Gasteiger partial charge on any atom is -0.352 e. The summed E-state index contributed by atoms with van der Waals surface area (Å²) in [5.41, 5.74) is 6.94. The molecule has 0 radical (unpaired) electrons. The lowest BCUT2D eigenvalue weighted by Crippen LogP contribution is -2.44. The van der Waals surface area contributed by atoms with Crippen molar-refractivity contribution in [2.75, 3.05) is 12.3 Å². The van der Waals surface area contributed by atoms with Crippen LogP contribution >= 0.6 is 24.2 Å². The van der Waals surface area contributed by atoms with E-state index >= 15 is 0 Å². The van der Waals surface area contributed by atoms with Crippen molar-refractivity contribution in [1.82, 2.24) is 10.6 Å². The molecule has 19 heavy (non-hydrogen) atoms. The lowest BCUT2D eigenvalue weighted by atomic mass is 10.1. The Morgan fingerprint density at radius 1 is 1.47 bits per heavy atom. The van der Waals surface area contributed by atoms with Crippen LogP contribution < -0.4 is 16.4 Å². The number of amides is 2. The second kappa shape index (κ2) is 7.37. The minimum absolute atomic E-state index is 0. The van der Waals surface area contributed by atoms with Crippen LogP contribution in [0.15, 0.2) is 30.3 Å². The molecule has 1 fully saturated rings. The molecular formula is C12H16ClN3O2S. The summed E-state index contributed by atoms with van der Waals surface area (Å²) in [6.07, 6.45) is 0. The Hall–Kier alpha value is -1.24. The summed E-state index contributed by atoms with van der Waals surface area (Å²) in [5.74, 6) is 0.297. The van der Waals surface area contributed by atoms with Gasteiger partial charge in [0, 0.05) is 18.3 Å². The average molecular weight is 302 g/mol. The SMILES string of the molecule is Cl.NC(CNC(=O)[C@@H]1CSC(=O)N1)c1ccccc1. The van der Waals surface area contributed by atoms with Crippen molar-refractivity contribution in [3.63, 3.8) is 0 Å². The van der Waals surface area contributed by atoms with E-state index in [0.29, 0.717) is 12.3 Å². The molecule has 1 aliphatic heterocycles. The van der Waals surface area contributed by atoms with Crippen molar-refractivity contribution in [2.24, 2.45) is 5.73 Å². The van der Waals surface area contributed by atoms with Gasteiger partial charge in [0.25, 0.3) is 5.24 Å². The Labute approximate surface area is 122 Å². The average Bonchev–Trinajstić information content (AvgIpc) is 2.83. The first-order valence-electron chi connectivity index (χ1n) is 5.68. The molecule has 2 amide bonds. The van der Waals surface area contributed by atoms with E-state index in [1.165, 1.54) is 0 Å². The van der Waals surface area contributed by atoms with Crippen LogP contribution in [0.25, 0.3) is 0 Å². The topological polar surface area (TPSA) is 84.2 Å². The lowest BCUT2D eigenvalue weighted by Gasteiger charge is -2.15. The number of hydrogen-bond acceptors (Lipinski definition) is 4. The van der Waals surface area contributed by atoms with Crippen molar-refractivity contribution >= 4 is 35.3 Å². The molecule has 1 aromatic rings. The van der Waals surface area contributed by atoms with E-state index in [1.807, 2.05) is 30.3 Å². The van der Waals surface area contributed by atoms with E-state index in [2.05, 4.69) is 10.6 Å². The highest BCUT2D eigenvalue weighted by Gasteiger charge is 2.27. The second-order valence-electron chi connectivity index (χ2n) is 4.06. The number of benzene rings is 1. The maximum absolute atomic E-state index is 11.7.